The minimum absolute atomic E-state index is 0.0521. The Balaban J connectivity index is 2.09. The molecule has 1 atom stereocenters. The molecular weight excluding hydrogens is 305 g/mol. The summed E-state index contributed by atoms with van der Waals surface area (Å²) in [4.78, 5) is 11.3. The Morgan fingerprint density at radius 1 is 1.26 bits per heavy atom. The summed E-state index contributed by atoms with van der Waals surface area (Å²) in [6.45, 7) is 2.03. The zero-order valence-electron chi connectivity index (χ0n) is 12.7. The highest BCUT2D eigenvalue weighted by Gasteiger charge is 2.46. The average Bonchev–Trinajstić information content (AvgIpc) is 2.91. The van der Waals surface area contributed by atoms with Gasteiger partial charge in [-0.15, -0.1) is 0 Å². The predicted octanol–water partition coefficient (Wildman–Crippen LogP) is 3.74. The van der Waals surface area contributed by atoms with Crippen LogP contribution in [0, 0.1) is 0 Å². The van der Waals surface area contributed by atoms with Crippen molar-refractivity contribution < 1.29 is 18.0 Å². The molecule has 3 rings (SSSR count). The molecule has 23 heavy (non-hydrogen) atoms. The first-order valence-electron chi connectivity index (χ1n) is 7.54. The minimum atomic E-state index is -4.47. The number of nitrogens with one attached hydrogen (secondary N) is 1. The van der Waals surface area contributed by atoms with Gasteiger partial charge in [-0.1, -0.05) is 37.3 Å². The van der Waals surface area contributed by atoms with Crippen molar-refractivity contribution in [2.75, 3.05) is 6.54 Å². The molecule has 1 amide bonds. The number of alkyl halides is 3. The standard InChI is InChI=1S/C17H17F3N2O/c1-2-11-4-3-5-12-6-7-13(10-14(11)12)16(17(18,19)20)22-9-8-15(23)21-22/h3-7,10,16H,2,8-9H2,1H3,(H,21,23)/t16-/m0/s1. The van der Waals surface area contributed by atoms with Crippen molar-refractivity contribution in [1.82, 2.24) is 10.4 Å². The molecule has 0 saturated carbocycles. The van der Waals surface area contributed by atoms with Crippen LogP contribution in [-0.4, -0.2) is 23.6 Å². The topological polar surface area (TPSA) is 32.3 Å². The largest absolute Gasteiger partial charge is 0.409 e. The molecule has 0 bridgehead atoms. The Bertz CT molecular complexity index is 742. The summed E-state index contributed by atoms with van der Waals surface area (Å²) < 4.78 is 40.7. The number of hydrogen-bond acceptors (Lipinski definition) is 2. The molecular formula is C17H17F3N2O. The SMILES string of the molecule is CCc1cccc2ccc([C@H](N3CCC(=O)N3)C(F)(F)F)cc12. The fourth-order valence-corrected chi connectivity index (χ4v) is 3.07. The number of carbonyl (C=O) groups is 1. The zero-order chi connectivity index (χ0) is 16.6. The fourth-order valence-electron chi connectivity index (χ4n) is 3.07. The molecule has 1 saturated heterocycles. The third-order valence-corrected chi connectivity index (χ3v) is 4.16. The number of amides is 1. The second-order valence-corrected chi connectivity index (χ2v) is 5.67. The Morgan fingerprint density at radius 2 is 2.04 bits per heavy atom. The van der Waals surface area contributed by atoms with E-state index in [1.807, 2.05) is 25.1 Å². The van der Waals surface area contributed by atoms with E-state index in [4.69, 9.17) is 0 Å². The van der Waals surface area contributed by atoms with Gasteiger partial charge in [-0.3, -0.25) is 10.2 Å². The van der Waals surface area contributed by atoms with E-state index in [1.54, 1.807) is 12.1 Å². The van der Waals surface area contributed by atoms with E-state index in [0.717, 1.165) is 27.8 Å². The van der Waals surface area contributed by atoms with Gasteiger partial charge in [-0.2, -0.15) is 13.2 Å². The number of hydrazine groups is 1. The van der Waals surface area contributed by atoms with Crippen LogP contribution in [0.3, 0.4) is 0 Å². The van der Waals surface area contributed by atoms with Crippen LogP contribution in [0.5, 0.6) is 0 Å². The molecule has 1 N–H and O–H groups in total. The van der Waals surface area contributed by atoms with E-state index < -0.39 is 12.2 Å². The number of benzene rings is 2. The van der Waals surface area contributed by atoms with E-state index in [2.05, 4.69) is 5.43 Å². The van der Waals surface area contributed by atoms with Gasteiger partial charge in [0.1, 0.15) is 6.04 Å². The van der Waals surface area contributed by atoms with Gasteiger partial charge in [0.15, 0.2) is 0 Å². The van der Waals surface area contributed by atoms with Crippen molar-refractivity contribution in [2.45, 2.75) is 32.0 Å². The van der Waals surface area contributed by atoms with E-state index in [9.17, 15) is 18.0 Å². The van der Waals surface area contributed by atoms with E-state index >= 15 is 0 Å². The normalized spacial score (nSPS) is 17.5. The van der Waals surface area contributed by atoms with E-state index in [1.165, 1.54) is 6.07 Å². The maximum atomic E-state index is 13.6. The van der Waals surface area contributed by atoms with Crippen molar-refractivity contribution in [3.05, 3.63) is 47.5 Å². The molecule has 1 fully saturated rings. The minimum Gasteiger partial charge on any atom is -0.288 e. The molecule has 122 valence electrons. The first kappa shape index (κ1) is 15.8. The molecule has 1 aliphatic heterocycles. The van der Waals surface area contributed by atoms with Gasteiger partial charge >= 0.3 is 6.18 Å². The summed E-state index contributed by atoms with van der Waals surface area (Å²) in [5.41, 5.74) is 3.47. The van der Waals surface area contributed by atoms with Crippen molar-refractivity contribution in [3.63, 3.8) is 0 Å². The lowest BCUT2D eigenvalue weighted by Crippen LogP contribution is -2.43. The first-order valence-corrected chi connectivity index (χ1v) is 7.54. The predicted molar refractivity (Wildman–Crippen MR) is 81.6 cm³/mol. The lowest BCUT2D eigenvalue weighted by Gasteiger charge is -2.29. The van der Waals surface area contributed by atoms with Crippen LogP contribution < -0.4 is 5.43 Å². The third kappa shape index (κ3) is 3.03. The van der Waals surface area contributed by atoms with Gasteiger partial charge < -0.3 is 0 Å². The number of hydrogen-bond donors (Lipinski definition) is 1. The molecule has 3 nitrogen and oxygen atoms in total. The van der Waals surface area contributed by atoms with Crippen LogP contribution in [0.4, 0.5) is 13.2 Å². The second kappa shape index (κ2) is 5.85. The molecule has 0 radical (unpaired) electrons. The molecule has 0 spiro atoms. The average molecular weight is 322 g/mol. The van der Waals surface area contributed by atoms with Crippen molar-refractivity contribution in [1.29, 1.82) is 0 Å². The Labute approximate surface area is 132 Å². The summed E-state index contributed by atoms with van der Waals surface area (Å²) in [6.07, 6.45) is -3.63. The Morgan fingerprint density at radius 3 is 2.65 bits per heavy atom. The molecule has 1 aliphatic rings. The Hall–Kier alpha value is -2.08. The molecule has 1 heterocycles. The van der Waals surface area contributed by atoms with Crippen molar-refractivity contribution in [3.8, 4) is 0 Å². The molecule has 6 heteroatoms. The molecule has 0 unspecified atom stereocenters. The lowest BCUT2D eigenvalue weighted by molar-refractivity contribution is -0.191. The number of halogens is 3. The number of aryl methyl sites for hydroxylation is 1. The maximum absolute atomic E-state index is 13.6. The van der Waals surface area contributed by atoms with Crippen LogP contribution in [-0.2, 0) is 11.2 Å². The highest BCUT2D eigenvalue weighted by molar-refractivity contribution is 5.86. The van der Waals surface area contributed by atoms with Gasteiger partial charge in [0.25, 0.3) is 0 Å². The van der Waals surface area contributed by atoms with Crippen LogP contribution in [0.15, 0.2) is 36.4 Å². The maximum Gasteiger partial charge on any atom is 0.409 e. The number of rotatable bonds is 3. The highest BCUT2D eigenvalue weighted by Crippen LogP contribution is 2.39. The van der Waals surface area contributed by atoms with Crippen LogP contribution in [0.1, 0.15) is 30.5 Å². The summed E-state index contributed by atoms with van der Waals surface area (Å²) in [5.74, 6) is -0.380. The summed E-state index contributed by atoms with van der Waals surface area (Å²) in [5, 5.41) is 2.73. The third-order valence-electron chi connectivity index (χ3n) is 4.16. The highest BCUT2D eigenvalue weighted by atomic mass is 19.4. The first-order chi connectivity index (χ1) is 10.9. The monoisotopic (exact) mass is 322 g/mol. The quantitative estimate of drug-likeness (QED) is 0.933. The summed E-state index contributed by atoms with van der Waals surface area (Å²) in [6, 6.07) is 8.68. The van der Waals surface area contributed by atoms with Crippen molar-refractivity contribution in [2.24, 2.45) is 0 Å². The number of fused-ring (bicyclic) bond motifs is 1. The fraction of sp³-hybridized carbons (Fsp3) is 0.353. The summed E-state index contributed by atoms with van der Waals surface area (Å²) >= 11 is 0. The van der Waals surface area contributed by atoms with Gasteiger partial charge in [0, 0.05) is 13.0 Å². The zero-order valence-corrected chi connectivity index (χ0v) is 12.7. The molecule has 0 aliphatic carbocycles. The molecule has 0 aromatic heterocycles. The molecule has 2 aromatic carbocycles. The van der Waals surface area contributed by atoms with Crippen LogP contribution in [0.25, 0.3) is 10.8 Å². The van der Waals surface area contributed by atoms with Gasteiger partial charge in [0.2, 0.25) is 5.91 Å². The molecule has 2 aromatic rings. The second-order valence-electron chi connectivity index (χ2n) is 5.67. The summed E-state index contributed by atoms with van der Waals surface area (Å²) in [7, 11) is 0. The van der Waals surface area contributed by atoms with Crippen LogP contribution >= 0.6 is 0 Å². The van der Waals surface area contributed by atoms with Crippen molar-refractivity contribution >= 4 is 16.7 Å². The van der Waals surface area contributed by atoms with Gasteiger partial charge in [0.05, 0.1) is 0 Å². The van der Waals surface area contributed by atoms with E-state index in [0.29, 0.717) is 0 Å². The number of carbonyl (C=O) groups excluding carboxylic acids is 1. The number of nitrogens with zero attached hydrogens (tertiary/aromatic N) is 1. The lowest BCUT2D eigenvalue weighted by atomic mass is 9.97. The van der Waals surface area contributed by atoms with Gasteiger partial charge in [-0.25, -0.2) is 5.01 Å². The van der Waals surface area contributed by atoms with Crippen LogP contribution in [0.2, 0.25) is 0 Å². The van der Waals surface area contributed by atoms with Gasteiger partial charge in [-0.05, 0) is 34.4 Å². The Kier molecular flexibility index (Phi) is 4.02. The smallest absolute Gasteiger partial charge is 0.288 e. The van der Waals surface area contributed by atoms with E-state index in [-0.39, 0.29) is 24.4 Å².